The molecule has 18 heavy (non-hydrogen) atoms. The molecule has 0 heterocycles. The molecule has 2 aromatic carbocycles. The van der Waals surface area contributed by atoms with E-state index in [1.165, 1.54) is 6.07 Å². The molecule has 0 bridgehead atoms. The fraction of sp³-hybridized carbons (Fsp3) is 0.200. The molecular formula is C15H15F2N. The van der Waals surface area contributed by atoms with E-state index in [2.05, 4.69) is 5.32 Å². The molecule has 0 fully saturated rings. The van der Waals surface area contributed by atoms with Gasteiger partial charge in [0, 0.05) is 11.6 Å². The van der Waals surface area contributed by atoms with Crippen LogP contribution in [0.5, 0.6) is 0 Å². The predicted molar refractivity (Wildman–Crippen MR) is 69.3 cm³/mol. The normalized spacial score (nSPS) is 12.4. The summed E-state index contributed by atoms with van der Waals surface area (Å²) >= 11 is 0. The molecule has 1 unspecified atom stereocenters. The van der Waals surface area contributed by atoms with Crippen LogP contribution < -0.4 is 5.32 Å². The Balaban J connectivity index is 2.60. The van der Waals surface area contributed by atoms with E-state index in [-0.39, 0.29) is 6.04 Å². The molecule has 1 N–H and O–H groups in total. The highest BCUT2D eigenvalue weighted by molar-refractivity contribution is 5.68. The highest BCUT2D eigenvalue weighted by Gasteiger charge is 2.13. The molecule has 0 spiro atoms. The second kappa shape index (κ2) is 5.27. The summed E-state index contributed by atoms with van der Waals surface area (Å²) in [6, 6.07) is 11.0. The molecule has 0 aromatic heterocycles. The van der Waals surface area contributed by atoms with Crippen molar-refractivity contribution in [2.24, 2.45) is 0 Å². The Kier molecular flexibility index (Phi) is 3.72. The van der Waals surface area contributed by atoms with Crippen molar-refractivity contribution >= 4 is 0 Å². The molecule has 1 nitrogen and oxygen atoms in total. The fourth-order valence-electron chi connectivity index (χ4n) is 1.98. The lowest BCUT2D eigenvalue weighted by Gasteiger charge is -2.16. The third-order valence-electron chi connectivity index (χ3n) is 3.08. The Morgan fingerprint density at radius 3 is 2.44 bits per heavy atom. The quantitative estimate of drug-likeness (QED) is 0.867. The van der Waals surface area contributed by atoms with Gasteiger partial charge in [-0.3, -0.25) is 0 Å². The summed E-state index contributed by atoms with van der Waals surface area (Å²) in [5.41, 5.74) is 1.97. The van der Waals surface area contributed by atoms with E-state index in [0.29, 0.717) is 5.56 Å². The van der Waals surface area contributed by atoms with Gasteiger partial charge in [-0.25, -0.2) is 8.78 Å². The fourth-order valence-corrected chi connectivity index (χ4v) is 1.98. The summed E-state index contributed by atoms with van der Waals surface area (Å²) in [6.45, 7) is 1.98. The Bertz CT molecular complexity index is 552. The summed E-state index contributed by atoms with van der Waals surface area (Å²) in [6.07, 6.45) is 0. The van der Waals surface area contributed by atoms with Crippen LogP contribution in [0.1, 0.15) is 18.5 Å². The zero-order valence-corrected chi connectivity index (χ0v) is 10.4. The molecule has 3 heteroatoms. The van der Waals surface area contributed by atoms with Crippen molar-refractivity contribution in [2.45, 2.75) is 13.0 Å². The van der Waals surface area contributed by atoms with E-state index in [4.69, 9.17) is 0 Å². The van der Waals surface area contributed by atoms with Crippen molar-refractivity contribution in [3.05, 3.63) is 59.7 Å². The van der Waals surface area contributed by atoms with Crippen LogP contribution in [0.4, 0.5) is 8.78 Å². The van der Waals surface area contributed by atoms with E-state index in [1.807, 2.05) is 32.2 Å². The SMILES string of the molecule is CNC(C)c1ccccc1-c1cc(F)ccc1F. The molecule has 0 amide bonds. The van der Waals surface area contributed by atoms with Gasteiger partial charge in [0.1, 0.15) is 11.6 Å². The van der Waals surface area contributed by atoms with Crippen molar-refractivity contribution in [1.82, 2.24) is 5.32 Å². The number of halogens is 2. The van der Waals surface area contributed by atoms with Crippen molar-refractivity contribution in [2.75, 3.05) is 7.05 Å². The topological polar surface area (TPSA) is 12.0 Å². The third-order valence-corrected chi connectivity index (χ3v) is 3.08. The number of hydrogen-bond acceptors (Lipinski definition) is 1. The number of benzene rings is 2. The maximum absolute atomic E-state index is 13.8. The van der Waals surface area contributed by atoms with Gasteiger partial charge in [-0.05, 0) is 43.3 Å². The zero-order valence-electron chi connectivity index (χ0n) is 10.4. The molecule has 1 atom stereocenters. The lowest BCUT2D eigenvalue weighted by molar-refractivity contribution is 0.602. The molecule has 0 aliphatic heterocycles. The molecular weight excluding hydrogens is 232 g/mol. The van der Waals surface area contributed by atoms with E-state index < -0.39 is 11.6 Å². The average Bonchev–Trinajstić information content (AvgIpc) is 2.40. The van der Waals surface area contributed by atoms with Crippen LogP contribution in [0.3, 0.4) is 0 Å². The Morgan fingerprint density at radius 2 is 1.72 bits per heavy atom. The van der Waals surface area contributed by atoms with Gasteiger partial charge in [-0.2, -0.15) is 0 Å². The van der Waals surface area contributed by atoms with Gasteiger partial charge in [0.2, 0.25) is 0 Å². The van der Waals surface area contributed by atoms with E-state index in [9.17, 15) is 8.78 Å². The lowest BCUT2D eigenvalue weighted by atomic mass is 9.95. The lowest BCUT2D eigenvalue weighted by Crippen LogP contribution is -2.13. The Morgan fingerprint density at radius 1 is 1.00 bits per heavy atom. The minimum Gasteiger partial charge on any atom is -0.313 e. The highest BCUT2D eigenvalue weighted by atomic mass is 19.1. The highest BCUT2D eigenvalue weighted by Crippen LogP contribution is 2.30. The molecule has 2 rings (SSSR count). The average molecular weight is 247 g/mol. The van der Waals surface area contributed by atoms with Crippen molar-refractivity contribution in [1.29, 1.82) is 0 Å². The van der Waals surface area contributed by atoms with Gasteiger partial charge in [0.15, 0.2) is 0 Å². The molecule has 0 saturated carbocycles. The summed E-state index contributed by atoms with van der Waals surface area (Å²) in [5, 5.41) is 3.11. The third kappa shape index (κ3) is 2.41. The summed E-state index contributed by atoms with van der Waals surface area (Å²) in [5.74, 6) is -0.842. The van der Waals surface area contributed by atoms with Crippen LogP contribution in [0.2, 0.25) is 0 Å². The van der Waals surface area contributed by atoms with Gasteiger partial charge in [-0.1, -0.05) is 24.3 Å². The molecule has 0 aliphatic rings. The molecule has 2 aromatic rings. The van der Waals surface area contributed by atoms with E-state index >= 15 is 0 Å². The first-order valence-electron chi connectivity index (χ1n) is 5.85. The summed E-state index contributed by atoms with van der Waals surface area (Å²) < 4.78 is 27.1. The van der Waals surface area contributed by atoms with E-state index in [1.54, 1.807) is 6.07 Å². The molecule has 94 valence electrons. The monoisotopic (exact) mass is 247 g/mol. The van der Waals surface area contributed by atoms with E-state index in [0.717, 1.165) is 23.3 Å². The van der Waals surface area contributed by atoms with Crippen LogP contribution in [-0.2, 0) is 0 Å². The van der Waals surface area contributed by atoms with Crippen LogP contribution in [0.15, 0.2) is 42.5 Å². The minimum atomic E-state index is -0.432. The molecule has 0 radical (unpaired) electrons. The Labute approximate surface area is 105 Å². The van der Waals surface area contributed by atoms with Crippen molar-refractivity contribution < 1.29 is 8.78 Å². The maximum Gasteiger partial charge on any atom is 0.131 e. The second-order valence-corrected chi connectivity index (χ2v) is 4.22. The van der Waals surface area contributed by atoms with Crippen molar-refractivity contribution in [3.8, 4) is 11.1 Å². The van der Waals surface area contributed by atoms with Crippen LogP contribution in [0.25, 0.3) is 11.1 Å². The Hall–Kier alpha value is -1.74. The first kappa shape index (κ1) is 12.7. The van der Waals surface area contributed by atoms with Gasteiger partial charge in [-0.15, -0.1) is 0 Å². The van der Waals surface area contributed by atoms with Crippen LogP contribution >= 0.6 is 0 Å². The van der Waals surface area contributed by atoms with Gasteiger partial charge in [0.25, 0.3) is 0 Å². The van der Waals surface area contributed by atoms with Crippen molar-refractivity contribution in [3.63, 3.8) is 0 Å². The first-order valence-corrected chi connectivity index (χ1v) is 5.85. The van der Waals surface area contributed by atoms with Crippen LogP contribution in [0, 0.1) is 11.6 Å². The summed E-state index contributed by atoms with van der Waals surface area (Å²) in [7, 11) is 1.84. The van der Waals surface area contributed by atoms with Gasteiger partial charge in [0.05, 0.1) is 0 Å². The number of rotatable bonds is 3. The largest absolute Gasteiger partial charge is 0.313 e. The zero-order chi connectivity index (χ0) is 13.1. The second-order valence-electron chi connectivity index (χ2n) is 4.22. The molecule has 0 saturated heterocycles. The smallest absolute Gasteiger partial charge is 0.131 e. The number of hydrogen-bond donors (Lipinski definition) is 1. The predicted octanol–water partition coefficient (Wildman–Crippen LogP) is 3.91. The summed E-state index contributed by atoms with van der Waals surface area (Å²) in [4.78, 5) is 0. The van der Waals surface area contributed by atoms with Gasteiger partial charge >= 0.3 is 0 Å². The number of nitrogens with one attached hydrogen (secondary N) is 1. The first-order chi connectivity index (χ1) is 8.63. The molecule has 0 aliphatic carbocycles. The standard InChI is InChI=1S/C15H15F2N/c1-10(18-2)12-5-3-4-6-13(12)14-9-11(16)7-8-15(14)17/h3-10,18H,1-2H3. The maximum atomic E-state index is 13.8. The van der Waals surface area contributed by atoms with Gasteiger partial charge < -0.3 is 5.32 Å². The van der Waals surface area contributed by atoms with Crippen LogP contribution in [-0.4, -0.2) is 7.05 Å². The minimum absolute atomic E-state index is 0.0730.